The molecular weight excluding hydrogens is 430 g/mol. The van der Waals surface area contributed by atoms with Gasteiger partial charge in [0.15, 0.2) is 16.1 Å². The second kappa shape index (κ2) is 8.22. The van der Waals surface area contributed by atoms with Crippen LogP contribution in [0.1, 0.15) is 33.5 Å². The molecule has 2 aromatic heterocycles. The van der Waals surface area contributed by atoms with Gasteiger partial charge in [0, 0.05) is 6.07 Å². The van der Waals surface area contributed by atoms with Crippen LogP contribution < -0.4 is 10.9 Å². The Kier molecular flexibility index (Phi) is 5.74. The molecule has 0 aliphatic carbocycles. The number of amides is 1. The molecule has 3 rings (SSSR count). The zero-order valence-electron chi connectivity index (χ0n) is 15.1. The molecule has 1 aromatic carbocycles. The fraction of sp³-hybridized carbons (Fsp3) is 0.158. The molecule has 28 heavy (non-hydrogen) atoms. The average molecular weight is 446 g/mol. The Labute approximate surface area is 168 Å². The van der Waals surface area contributed by atoms with Gasteiger partial charge in [-0.15, -0.1) is 0 Å². The quantitative estimate of drug-likeness (QED) is 0.604. The molecule has 1 N–H and O–H groups in total. The Bertz CT molecular complexity index is 1100. The third-order valence-electron chi connectivity index (χ3n) is 3.79. The molecule has 8 nitrogen and oxygen atoms in total. The highest BCUT2D eigenvalue weighted by atomic mass is 79.9. The van der Waals surface area contributed by atoms with E-state index in [0.29, 0.717) is 10.4 Å². The number of hydrogen-bond donors (Lipinski definition) is 1. The Morgan fingerprint density at radius 2 is 2.00 bits per heavy atom. The van der Waals surface area contributed by atoms with Gasteiger partial charge >= 0.3 is 5.97 Å². The first-order valence-corrected chi connectivity index (χ1v) is 9.14. The van der Waals surface area contributed by atoms with Crippen LogP contribution in [-0.2, 0) is 4.74 Å². The number of carbonyl (C=O) groups is 2. The van der Waals surface area contributed by atoms with E-state index in [9.17, 15) is 14.4 Å². The maximum absolute atomic E-state index is 12.6. The van der Waals surface area contributed by atoms with Crippen LogP contribution in [0.25, 0.3) is 5.69 Å². The molecule has 0 bridgehead atoms. The van der Waals surface area contributed by atoms with E-state index in [-0.39, 0.29) is 23.7 Å². The number of para-hydroxylation sites is 1. The van der Waals surface area contributed by atoms with Crippen LogP contribution in [0.15, 0.2) is 56.3 Å². The third kappa shape index (κ3) is 4.04. The number of furan rings is 1. The zero-order chi connectivity index (χ0) is 20.3. The zero-order valence-corrected chi connectivity index (χ0v) is 16.6. The van der Waals surface area contributed by atoms with Crippen LogP contribution in [0.2, 0.25) is 0 Å². The number of anilines is 1. The minimum atomic E-state index is -0.763. The highest BCUT2D eigenvalue weighted by molar-refractivity contribution is 9.10. The van der Waals surface area contributed by atoms with E-state index in [1.165, 1.54) is 6.07 Å². The predicted octanol–water partition coefficient (Wildman–Crippen LogP) is 3.33. The van der Waals surface area contributed by atoms with Crippen LogP contribution >= 0.6 is 15.9 Å². The van der Waals surface area contributed by atoms with Gasteiger partial charge < -0.3 is 14.5 Å². The first-order chi connectivity index (χ1) is 13.4. The maximum Gasteiger partial charge on any atom is 0.360 e. The molecule has 0 unspecified atom stereocenters. The molecule has 2 heterocycles. The van der Waals surface area contributed by atoms with Crippen LogP contribution in [-0.4, -0.2) is 28.3 Å². The molecule has 0 spiro atoms. The monoisotopic (exact) mass is 445 g/mol. The maximum atomic E-state index is 12.6. The molecule has 0 saturated carbocycles. The van der Waals surface area contributed by atoms with Gasteiger partial charge in [-0.25, -0.2) is 4.79 Å². The van der Waals surface area contributed by atoms with Crippen molar-refractivity contribution in [1.29, 1.82) is 0 Å². The van der Waals surface area contributed by atoms with E-state index < -0.39 is 17.4 Å². The van der Waals surface area contributed by atoms with Crippen molar-refractivity contribution in [1.82, 2.24) is 9.78 Å². The van der Waals surface area contributed by atoms with Gasteiger partial charge in [0.25, 0.3) is 11.5 Å². The summed E-state index contributed by atoms with van der Waals surface area (Å²) in [6.07, 6.45) is 0. The van der Waals surface area contributed by atoms with Gasteiger partial charge in [0.1, 0.15) is 0 Å². The van der Waals surface area contributed by atoms with Crippen molar-refractivity contribution in [2.75, 3.05) is 11.9 Å². The van der Waals surface area contributed by atoms with E-state index in [2.05, 4.69) is 26.3 Å². The van der Waals surface area contributed by atoms with Crippen molar-refractivity contribution in [2.24, 2.45) is 0 Å². The van der Waals surface area contributed by atoms with Gasteiger partial charge in [-0.1, -0.05) is 18.2 Å². The predicted molar refractivity (Wildman–Crippen MR) is 105 cm³/mol. The van der Waals surface area contributed by atoms with Crippen molar-refractivity contribution < 1.29 is 18.7 Å². The van der Waals surface area contributed by atoms with Gasteiger partial charge in [-0.2, -0.15) is 9.78 Å². The van der Waals surface area contributed by atoms with E-state index in [1.807, 2.05) is 19.1 Å². The summed E-state index contributed by atoms with van der Waals surface area (Å²) in [5.74, 6) is -1.39. The van der Waals surface area contributed by atoms with Crippen molar-refractivity contribution in [3.05, 3.63) is 74.5 Å². The topological polar surface area (TPSA) is 103 Å². The Morgan fingerprint density at radius 1 is 1.25 bits per heavy atom. The number of hydrogen-bond acceptors (Lipinski definition) is 6. The number of esters is 1. The molecule has 144 valence electrons. The summed E-state index contributed by atoms with van der Waals surface area (Å²) in [5.41, 5.74) is 0.544. The molecule has 0 fully saturated rings. The molecule has 3 aromatic rings. The lowest BCUT2D eigenvalue weighted by molar-refractivity contribution is 0.0518. The highest BCUT2D eigenvalue weighted by Gasteiger charge is 2.22. The van der Waals surface area contributed by atoms with Crippen molar-refractivity contribution in [3.63, 3.8) is 0 Å². The van der Waals surface area contributed by atoms with Crippen LogP contribution in [0, 0.1) is 6.92 Å². The third-order valence-corrected chi connectivity index (χ3v) is 4.22. The summed E-state index contributed by atoms with van der Waals surface area (Å²) in [6.45, 7) is 3.58. The number of benzene rings is 1. The smallest absolute Gasteiger partial charge is 0.360 e. The fourth-order valence-electron chi connectivity index (χ4n) is 2.50. The molecule has 0 saturated heterocycles. The lowest BCUT2D eigenvalue weighted by Gasteiger charge is -2.13. The lowest BCUT2D eigenvalue weighted by Crippen LogP contribution is -2.27. The molecule has 9 heteroatoms. The van der Waals surface area contributed by atoms with Crippen molar-refractivity contribution >= 4 is 33.5 Å². The van der Waals surface area contributed by atoms with Gasteiger partial charge in [-0.3, -0.25) is 9.59 Å². The molecular formula is C19H16BrN3O5. The van der Waals surface area contributed by atoms with Crippen molar-refractivity contribution in [2.45, 2.75) is 13.8 Å². The van der Waals surface area contributed by atoms with E-state index in [0.717, 1.165) is 16.3 Å². The number of aryl methyl sites for hydroxylation is 1. The minimum Gasteiger partial charge on any atom is -0.461 e. The second-order valence-corrected chi connectivity index (χ2v) is 6.50. The standard InChI is InChI=1S/C19H16BrN3O5/c1-3-27-19(26)17-12(21-18(25)14-8-9-15(20)28-14)10-16(24)23(22-17)13-7-5-4-6-11(13)2/h4-10H,3H2,1-2H3,(H,21,25). The average Bonchev–Trinajstić information content (AvgIpc) is 3.09. The summed E-state index contributed by atoms with van der Waals surface area (Å²) >= 11 is 3.11. The van der Waals surface area contributed by atoms with Crippen LogP contribution in [0.4, 0.5) is 5.69 Å². The normalized spacial score (nSPS) is 10.5. The molecule has 0 radical (unpaired) electrons. The largest absolute Gasteiger partial charge is 0.461 e. The van der Waals surface area contributed by atoms with Gasteiger partial charge in [-0.05, 0) is 53.5 Å². The Morgan fingerprint density at radius 3 is 2.64 bits per heavy atom. The number of nitrogens with zero attached hydrogens (tertiary/aromatic N) is 2. The number of nitrogens with one attached hydrogen (secondary N) is 1. The number of carbonyl (C=O) groups excluding carboxylic acids is 2. The fourth-order valence-corrected chi connectivity index (χ4v) is 2.80. The first kappa shape index (κ1) is 19.6. The van der Waals surface area contributed by atoms with E-state index in [1.54, 1.807) is 25.1 Å². The van der Waals surface area contributed by atoms with E-state index in [4.69, 9.17) is 9.15 Å². The van der Waals surface area contributed by atoms with Crippen LogP contribution in [0.5, 0.6) is 0 Å². The summed E-state index contributed by atoms with van der Waals surface area (Å²) in [7, 11) is 0. The molecule has 0 aliphatic rings. The first-order valence-electron chi connectivity index (χ1n) is 8.35. The Balaban J connectivity index is 2.07. The molecule has 0 aliphatic heterocycles. The molecule has 1 amide bonds. The Hall–Kier alpha value is -3.20. The molecule has 0 atom stereocenters. The summed E-state index contributed by atoms with van der Waals surface area (Å²) in [6, 6.07) is 11.2. The summed E-state index contributed by atoms with van der Waals surface area (Å²) < 4.78 is 11.7. The van der Waals surface area contributed by atoms with Crippen molar-refractivity contribution in [3.8, 4) is 5.69 Å². The summed E-state index contributed by atoms with van der Waals surface area (Å²) in [5, 5.41) is 6.63. The number of aromatic nitrogens is 2. The second-order valence-electron chi connectivity index (χ2n) is 5.72. The van der Waals surface area contributed by atoms with Gasteiger partial charge in [0.2, 0.25) is 0 Å². The minimum absolute atomic E-state index is 0.00441. The highest BCUT2D eigenvalue weighted by Crippen LogP contribution is 2.19. The van der Waals surface area contributed by atoms with Crippen LogP contribution in [0.3, 0.4) is 0 Å². The number of ether oxygens (including phenoxy) is 1. The van der Waals surface area contributed by atoms with E-state index >= 15 is 0 Å². The lowest BCUT2D eigenvalue weighted by atomic mass is 10.2. The summed E-state index contributed by atoms with van der Waals surface area (Å²) in [4.78, 5) is 37.4. The number of rotatable bonds is 5. The number of halogens is 1. The van der Waals surface area contributed by atoms with Gasteiger partial charge in [0.05, 0.1) is 18.0 Å². The SMILES string of the molecule is CCOC(=O)c1nn(-c2ccccc2C)c(=O)cc1NC(=O)c1ccc(Br)o1.